The van der Waals surface area contributed by atoms with Gasteiger partial charge in [0.1, 0.15) is 0 Å². The Hall–Kier alpha value is -0.870. The number of hydrogen-bond acceptors (Lipinski definition) is 3. The summed E-state index contributed by atoms with van der Waals surface area (Å²) in [7, 11) is 1.87. The van der Waals surface area contributed by atoms with E-state index in [1.54, 1.807) is 16.2 Å². The van der Waals surface area contributed by atoms with Crippen LogP contribution in [0.25, 0.3) is 0 Å². The molecule has 1 aliphatic carbocycles. The Morgan fingerprint density at radius 2 is 2.20 bits per heavy atom. The lowest BCUT2D eigenvalue weighted by atomic mass is 9.96. The number of nitrogens with one attached hydrogen (secondary N) is 1. The minimum atomic E-state index is -0.118. The summed E-state index contributed by atoms with van der Waals surface area (Å²) < 4.78 is 0. The second-order valence-electron chi connectivity index (χ2n) is 5.78. The van der Waals surface area contributed by atoms with Crippen molar-refractivity contribution >= 4 is 17.2 Å². The van der Waals surface area contributed by atoms with Gasteiger partial charge in [0.05, 0.1) is 6.04 Å². The molecule has 0 radical (unpaired) electrons. The van der Waals surface area contributed by atoms with Crippen LogP contribution in [0.2, 0.25) is 0 Å². The Bertz CT molecular complexity index is 412. The van der Waals surface area contributed by atoms with E-state index in [4.69, 9.17) is 0 Å². The molecule has 3 nitrogen and oxygen atoms in total. The molecule has 2 atom stereocenters. The van der Waals surface area contributed by atoms with Gasteiger partial charge in [-0.05, 0) is 44.1 Å². The number of thiophene rings is 1. The van der Waals surface area contributed by atoms with Crippen LogP contribution >= 0.6 is 11.3 Å². The average Bonchev–Trinajstić information content (AvgIpc) is 3.15. The van der Waals surface area contributed by atoms with E-state index in [1.807, 2.05) is 20.9 Å². The second-order valence-corrected chi connectivity index (χ2v) is 6.76. The topological polar surface area (TPSA) is 32.3 Å². The zero-order valence-electron chi connectivity index (χ0n) is 12.8. The summed E-state index contributed by atoms with van der Waals surface area (Å²) in [5.41, 5.74) is 0. The molecule has 1 heterocycles. The first-order chi connectivity index (χ1) is 9.63. The van der Waals surface area contributed by atoms with E-state index in [-0.39, 0.29) is 11.9 Å². The summed E-state index contributed by atoms with van der Waals surface area (Å²) in [5, 5.41) is 5.72. The van der Waals surface area contributed by atoms with Crippen LogP contribution in [0.15, 0.2) is 17.5 Å². The normalized spacial score (nSPS) is 18.9. The monoisotopic (exact) mass is 294 g/mol. The number of nitrogens with zero attached hydrogens (tertiary/aromatic N) is 1. The van der Waals surface area contributed by atoms with E-state index in [0.29, 0.717) is 12.0 Å². The predicted molar refractivity (Wildman–Crippen MR) is 84.9 cm³/mol. The summed E-state index contributed by atoms with van der Waals surface area (Å²) in [6.45, 7) is 4.76. The molecule has 1 aromatic rings. The molecule has 1 saturated carbocycles. The molecule has 20 heavy (non-hydrogen) atoms. The summed E-state index contributed by atoms with van der Waals surface area (Å²) in [6, 6.07) is 4.52. The fourth-order valence-corrected chi connectivity index (χ4v) is 3.92. The van der Waals surface area contributed by atoms with Gasteiger partial charge in [-0.2, -0.15) is 0 Å². The second kappa shape index (κ2) is 7.23. The number of carbonyl (C=O) groups excluding carboxylic acids is 1. The summed E-state index contributed by atoms with van der Waals surface area (Å²) in [4.78, 5) is 15.4. The molecule has 1 N–H and O–H groups in total. The number of likely N-dealkylation sites (N-methyl/N-ethyl adjacent to an activating group) is 1. The van der Waals surface area contributed by atoms with Crippen LogP contribution in [0.3, 0.4) is 0 Å². The van der Waals surface area contributed by atoms with Gasteiger partial charge in [-0.15, -0.1) is 11.3 Å². The molecule has 4 heteroatoms. The quantitative estimate of drug-likeness (QED) is 0.871. The smallest absolute Gasteiger partial charge is 0.239 e. The predicted octanol–water partition coefficient (Wildman–Crippen LogP) is 3.44. The molecular weight excluding hydrogens is 268 g/mol. The lowest BCUT2D eigenvalue weighted by Gasteiger charge is -2.29. The van der Waals surface area contributed by atoms with Gasteiger partial charge in [-0.25, -0.2) is 0 Å². The fraction of sp³-hybridized carbons (Fsp3) is 0.688. The molecule has 0 aromatic carbocycles. The van der Waals surface area contributed by atoms with Crippen molar-refractivity contribution in [2.75, 3.05) is 13.6 Å². The van der Waals surface area contributed by atoms with Crippen LogP contribution in [0.1, 0.15) is 50.4 Å². The van der Waals surface area contributed by atoms with Crippen molar-refractivity contribution in [3.8, 4) is 0 Å². The van der Waals surface area contributed by atoms with E-state index in [9.17, 15) is 4.79 Å². The van der Waals surface area contributed by atoms with E-state index < -0.39 is 0 Å². The zero-order chi connectivity index (χ0) is 14.5. The van der Waals surface area contributed by atoms with Crippen LogP contribution in [0.4, 0.5) is 0 Å². The summed E-state index contributed by atoms with van der Waals surface area (Å²) in [6.07, 6.45) is 5.21. The van der Waals surface area contributed by atoms with Gasteiger partial charge >= 0.3 is 0 Å². The molecule has 1 amide bonds. The van der Waals surface area contributed by atoms with Gasteiger partial charge in [0.2, 0.25) is 5.91 Å². The molecule has 0 saturated heterocycles. The highest BCUT2D eigenvalue weighted by Crippen LogP contribution is 2.37. The molecule has 0 bridgehead atoms. The molecule has 0 spiro atoms. The minimum Gasteiger partial charge on any atom is -0.345 e. The van der Waals surface area contributed by atoms with Gasteiger partial charge in [0, 0.05) is 24.5 Å². The van der Waals surface area contributed by atoms with E-state index in [1.165, 1.54) is 30.6 Å². The van der Waals surface area contributed by atoms with Crippen molar-refractivity contribution in [2.24, 2.45) is 5.92 Å². The van der Waals surface area contributed by atoms with Crippen LogP contribution in [0, 0.1) is 5.92 Å². The maximum Gasteiger partial charge on any atom is 0.239 e. The third-order valence-corrected chi connectivity index (χ3v) is 5.33. The maximum absolute atomic E-state index is 12.3. The van der Waals surface area contributed by atoms with E-state index in [0.717, 1.165) is 6.54 Å². The molecule has 112 valence electrons. The molecule has 2 rings (SSSR count). The molecule has 1 fully saturated rings. The van der Waals surface area contributed by atoms with Gasteiger partial charge < -0.3 is 4.90 Å². The Labute approximate surface area is 126 Å². The highest BCUT2D eigenvalue weighted by Gasteiger charge is 2.30. The van der Waals surface area contributed by atoms with Crippen molar-refractivity contribution < 1.29 is 4.79 Å². The molecular formula is C16H26N2OS. The fourth-order valence-electron chi connectivity index (χ4n) is 3.04. The number of carbonyl (C=O) groups is 1. The Kier molecular flexibility index (Phi) is 5.61. The van der Waals surface area contributed by atoms with Crippen LogP contribution in [-0.2, 0) is 4.79 Å². The van der Waals surface area contributed by atoms with Crippen LogP contribution < -0.4 is 5.32 Å². The van der Waals surface area contributed by atoms with Gasteiger partial charge in [-0.1, -0.05) is 18.9 Å². The largest absolute Gasteiger partial charge is 0.345 e. The van der Waals surface area contributed by atoms with E-state index in [2.05, 4.69) is 22.8 Å². The summed E-state index contributed by atoms with van der Waals surface area (Å²) >= 11 is 1.80. The number of hydrogen-bond donors (Lipinski definition) is 1. The number of rotatable bonds is 6. The molecule has 0 aliphatic heterocycles. The highest BCUT2D eigenvalue weighted by molar-refractivity contribution is 7.10. The lowest BCUT2D eigenvalue weighted by Crippen LogP contribution is -2.45. The Balaban J connectivity index is 2.06. The van der Waals surface area contributed by atoms with Crippen molar-refractivity contribution in [3.05, 3.63) is 22.4 Å². The molecule has 1 aliphatic rings. The highest BCUT2D eigenvalue weighted by atomic mass is 32.1. The van der Waals surface area contributed by atoms with Crippen molar-refractivity contribution in [2.45, 2.75) is 51.6 Å². The number of amides is 1. The Morgan fingerprint density at radius 1 is 1.50 bits per heavy atom. The third-order valence-electron chi connectivity index (χ3n) is 4.37. The summed E-state index contributed by atoms with van der Waals surface area (Å²) in [5.74, 6) is 0.864. The van der Waals surface area contributed by atoms with Gasteiger partial charge in [-0.3, -0.25) is 10.1 Å². The molecule has 1 aromatic heterocycles. The first-order valence-electron chi connectivity index (χ1n) is 7.68. The van der Waals surface area contributed by atoms with Gasteiger partial charge in [0.25, 0.3) is 0 Å². The van der Waals surface area contributed by atoms with E-state index >= 15 is 0 Å². The first kappa shape index (κ1) is 15.5. The minimum absolute atomic E-state index is 0.118. The van der Waals surface area contributed by atoms with Gasteiger partial charge in [0.15, 0.2) is 0 Å². The standard InChI is InChI=1S/C16H26N2OS/c1-4-18(3)16(19)12(2)17-15(13-8-5-6-9-13)14-10-7-11-20-14/h7,10-13,15,17H,4-6,8-9H2,1-3H3. The Morgan fingerprint density at radius 3 is 2.75 bits per heavy atom. The first-order valence-corrected chi connectivity index (χ1v) is 8.55. The van der Waals surface area contributed by atoms with Crippen LogP contribution in [0.5, 0.6) is 0 Å². The van der Waals surface area contributed by atoms with Crippen molar-refractivity contribution in [3.63, 3.8) is 0 Å². The van der Waals surface area contributed by atoms with Crippen LogP contribution in [-0.4, -0.2) is 30.4 Å². The van der Waals surface area contributed by atoms with Crippen molar-refractivity contribution in [1.29, 1.82) is 0 Å². The maximum atomic E-state index is 12.3. The zero-order valence-corrected chi connectivity index (χ0v) is 13.6. The average molecular weight is 294 g/mol. The van der Waals surface area contributed by atoms with Crippen molar-refractivity contribution in [1.82, 2.24) is 10.2 Å². The molecule has 2 unspecified atom stereocenters. The SMILES string of the molecule is CCN(C)C(=O)C(C)NC(c1cccs1)C1CCCC1. The lowest BCUT2D eigenvalue weighted by molar-refractivity contribution is -0.131. The third kappa shape index (κ3) is 3.61.